The van der Waals surface area contributed by atoms with Crippen molar-refractivity contribution < 1.29 is 18.7 Å². The van der Waals surface area contributed by atoms with Crippen LogP contribution in [-0.4, -0.2) is 31.9 Å². The van der Waals surface area contributed by atoms with Crippen LogP contribution in [0.25, 0.3) is 0 Å². The minimum atomic E-state index is -0.339. The van der Waals surface area contributed by atoms with Crippen molar-refractivity contribution >= 4 is 23.1 Å². The fourth-order valence-electron chi connectivity index (χ4n) is 4.56. The van der Waals surface area contributed by atoms with Gasteiger partial charge in [-0.15, -0.1) is 0 Å². The van der Waals surface area contributed by atoms with Gasteiger partial charge in [0.25, 0.3) is 5.91 Å². The number of benzene rings is 3. The molecule has 1 N–H and O–H groups in total. The van der Waals surface area contributed by atoms with Crippen LogP contribution in [0.4, 0.5) is 15.8 Å². The maximum atomic E-state index is 13.2. The zero-order valence-electron chi connectivity index (χ0n) is 19.5. The summed E-state index contributed by atoms with van der Waals surface area (Å²) < 4.78 is 18.4. The second kappa shape index (κ2) is 10.5. The van der Waals surface area contributed by atoms with Crippen LogP contribution >= 0.6 is 0 Å². The van der Waals surface area contributed by atoms with Gasteiger partial charge in [0, 0.05) is 41.5 Å². The molecule has 0 aliphatic carbocycles. The van der Waals surface area contributed by atoms with Crippen molar-refractivity contribution in [1.82, 2.24) is 0 Å². The zero-order valence-corrected chi connectivity index (χ0v) is 19.5. The molecule has 0 bridgehead atoms. The van der Waals surface area contributed by atoms with E-state index in [1.807, 2.05) is 49.4 Å². The molecule has 0 spiro atoms. The number of amides is 1. The molecule has 0 aromatic heterocycles. The van der Waals surface area contributed by atoms with E-state index < -0.39 is 0 Å². The van der Waals surface area contributed by atoms with Gasteiger partial charge in [0.15, 0.2) is 5.78 Å². The van der Waals surface area contributed by atoms with E-state index in [1.165, 1.54) is 12.1 Å². The van der Waals surface area contributed by atoms with Crippen LogP contribution in [0, 0.1) is 11.7 Å². The van der Waals surface area contributed by atoms with Crippen molar-refractivity contribution in [2.24, 2.45) is 5.92 Å². The minimum absolute atomic E-state index is 0.0722. The first-order valence-electron chi connectivity index (χ1n) is 11.6. The van der Waals surface area contributed by atoms with Crippen LogP contribution in [0.15, 0.2) is 66.7 Å². The summed E-state index contributed by atoms with van der Waals surface area (Å²) in [6, 6.07) is 18.8. The fourth-order valence-corrected chi connectivity index (χ4v) is 4.56. The Hall–Kier alpha value is -3.67. The van der Waals surface area contributed by atoms with Gasteiger partial charge in [-0.25, -0.2) is 4.39 Å². The van der Waals surface area contributed by atoms with Gasteiger partial charge < -0.3 is 15.0 Å². The highest BCUT2D eigenvalue weighted by Gasteiger charge is 2.27. The predicted octanol–water partition coefficient (Wildman–Crippen LogP) is 5.75. The van der Waals surface area contributed by atoms with Crippen molar-refractivity contribution in [1.29, 1.82) is 0 Å². The summed E-state index contributed by atoms with van der Waals surface area (Å²) in [7, 11) is 1.61. The Labute approximate surface area is 199 Å². The van der Waals surface area contributed by atoms with Gasteiger partial charge in [-0.2, -0.15) is 0 Å². The maximum Gasteiger partial charge on any atom is 0.256 e. The molecule has 4 rings (SSSR count). The minimum Gasteiger partial charge on any atom is -0.497 e. The third-order valence-electron chi connectivity index (χ3n) is 6.43. The summed E-state index contributed by atoms with van der Waals surface area (Å²) in [5.74, 6) is 0.242. The number of Topliss-reactive ketones (excluding diaryl/α,β-unsaturated/α-hetero) is 1. The van der Waals surface area contributed by atoms with Gasteiger partial charge in [0.2, 0.25) is 0 Å². The molecular formula is C28H29FN2O3. The fraction of sp³-hybridized carbons (Fsp3) is 0.286. The molecule has 0 atom stereocenters. The standard InChI is InChI=1S/C28H29FN2O3/c1-3-24-25(28(33)30-22-11-13-23(34-2)14-12-22)5-4-6-26(24)31-17-15-20(16-18-31)27(32)19-7-9-21(29)10-8-19/h4-14,20H,3,15-18H2,1-2H3,(H,30,33). The summed E-state index contributed by atoms with van der Waals surface area (Å²) in [4.78, 5) is 28.2. The van der Waals surface area contributed by atoms with Gasteiger partial charge in [-0.1, -0.05) is 13.0 Å². The number of hydrogen-bond donors (Lipinski definition) is 1. The maximum absolute atomic E-state index is 13.2. The molecular weight excluding hydrogens is 431 g/mol. The van der Waals surface area contributed by atoms with Crippen LogP contribution in [-0.2, 0) is 6.42 Å². The Morgan fingerprint density at radius 1 is 1.00 bits per heavy atom. The molecule has 0 radical (unpaired) electrons. The van der Waals surface area contributed by atoms with E-state index in [4.69, 9.17) is 4.74 Å². The highest BCUT2D eigenvalue weighted by Crippen LogP contribution is 2.31. The van der Waals surface area contributed by atoms with Crippen molar-refractivity contribution in [3.63, 3.8) is 0 Å². The number of rotatable bonds is 7. The molecule has 5 nitrogen and oxygen atoms in total. The molecule has 1 aliphatic heterocycles. The topological polar surface area (TPSA) is 58.6 Å². The molecule has 34 heavy (non-hydrogen) atoms. The quantitative estimate of drug-likeness (QED) is 0.456. The van der Waals surface area contributed by atoms with E-state index in [2.05, 4.69) is 10.2 Å². The van der Waals surface area contributed by atoms with E-state index in [0.29, 0.717) is 16.8 Å². The second-order valence-corrected chi connectivity index (χ2v) is 8.47. The molecule has 1 aliphatic rings. The van der Waals surface area contributed by atoms with Gasteiger partial charge in [-0.05, 0) is 85.5 Å². The van der Waals surface area contributed by atoms with E-state index in [1.54, 1.807) is 19.2 Å². The van der Waals surface area contributed by atoms with Crippen LogP contribution < -0.4 is 15.0 Å². The van der Waals surface area contributed by atoms with Gasteiger partial charge in [0.1, 0.15) is 11.6 Å². The predicted molar refractivity (Wildman–Crippen MR) is 132 cm³/mol. The smallest absolute Gasteiger partial charge is 0.256 e. The molecule has 3 aromatic rings. The average molecular weight is 461 g/mol. The molecule has 1 heterocycles. The summed E-state index contributed by atoms with van der Waals surface area (Å²) in [6.45, 7) is 3.51. The lowest BCUT2D eigenvalue weighted by Crippen LogP contribution is -2.37. The van der Waals surface area contributed by atoms with Crippen molar-refractivity contribution in [3.8, 4) is 5.75 Å². The zero-order chi connectivity index (χ0) is 24.1. The Balaban J connectivity index is 1.46. The first kappa shape index (κ1) is 23.5. The first-order chi connectivity index (χ1) is 16.5. The average Bonchev–Trinajstić information content (AvgIpc) is 2.88. The van der Waals surface area contributed by atoms with Crippen LogP contribution in [0.1, 0.15) is 46.0 Å². The number of piperidine rings is 1. The Bertz CT molecular complexity index is 1150. The van der Waals surface area contributed by atoms with Crippen molar-refractivity contribution in [2.75, 3.05) is 30.4 Å². The summed E-state index contributed by atoms with van der Waals surface area (Å²) in [5, 5.41) is 2.97. The number of anilines is 2. The lowest BCUT2D eigenvalue weighted by Gasteiger charge is -2.34. The van der Waals surface area contributed by atoms with Crippen molar-refractivity contribution in [3.05, 3.63) is 89.2 Å². The van der Waals surface area contributed by atoms with Gasteiger partial charge in [0.05, 0.1) is 7.11 Å². The normalized spacial score (nSPS) is 14.0. The summed E-state index contributed by atoms with van der Waals surface area (Å²) in [5.41, 5.74) is 3.96. The molecule has 1 fully saturated rings. The largest absolute Gasteiger partial charge is 0.497 e. The summed E-state index contributed by atoms with van der Waals surface area (Å²) in [6.07, 6.45) is 2.17. The lowest BCUT2D eigenvalue weighted by molar-refractivity contribution is 0.0900. The van der Waals surface area contributed by atoms with E-state index in [-0.39, 0.29) is 23.4 Å². The molecule has 176 valence electrons. The van der Waals surface area contributed by atoms with Crippen molar-refractivity contribution in [2.45, 2.75) is 26.2 Å². The number of carbonyl (C=O) groups is 2. The number of ketones is 1. The van der Waals surface area contributed by atoms with Gasteiger partial charge >= 0.3 is 0 Å². The number of nitrogens with zero attached hydrogens (tertiary/aromatic N) is 1. The second-order valence-electron chi connectivity index (χ2n) is 8.47. The molecule has 1 saturated heterocycles. The highest BCUT2D eigenvalue weighted by atomic mass is 19.1. The van der Waals surface area contributed by atoms with E-state index in [9.17, 15) is 14.0 Å². The van der Waals surface area contributed by atoms with E-state index in [0.717, 1.165) is 49.4 Å². The molecule has 1 amide bonds. The Morgan fingerprint density at radius 2 is 1.68 bits per heavy atom. The number of halogens is 1. The molecule has 3 aromatic carbocycles. The third-order valence-corrected chi connectivity index (χ3v) is 6.43. The highest BCUT2D eigenvalue weighted by molar-refractivity contribution is 6.06. The number of ether oxygens (including phenoxy) is 1. The number of hydrogen-bond acceptors (Lipinski definition) is 4. The number of carbonyl (C=O) groups excluding carboxylic acids is 2. The monoisotopic (exact) mass is 460 g/mol. The SMILES string of the molecule is CCc1c(C(=O)Nc2ccc(OC)cc2)cccc1N1CCC(C(=O)c2ccc(F)cc2)CC1. The summed E-state index contributed by atoms with van der Waals surface area (Å²) >= 11 is 0. The van der Waals surface area contributed by atoms with Crippen LogP contribution in [0.3, 0.4) is 0 Å². The van der Waals surface area contributed by atoms with Crippen LogP contribution in [0.5, 0.6) is 5.75 Å². The van der Waals surface area contributed by atoms with Crippen LogP contribution in [0.2, 0.25) is 0 Å². The molecule has 6 heteroatoms. The third kappa shape index (κ3) is 5.11. The Morgan fingerprint density at radius 3 is 2.29 bits per heavy atom. The molecule has 0 unspecified atom stereocenters. The lowest BCUT2D eigenvalue weighted by atomic mass is 9.88. The Kier molecular flexibility index (Phi) is 7.26. The van der Waals surface area contributed by atoms with Gasteiger partial charge in [-0.3, -0.25) is 9.59 Å². The number of nitrogens with one attached hydrogen (secondary N) is 1. The van der Waals surface area contributed by atoms with E-state index >= 15 is 0 Å². The first-order valence-corrected chi connectivity index (χ1v) is 11.6. The molecule has 0 saturated carbocycles. The number of methoxy groups -OCH3 is 1.